The fourth-order valence-corrected chi connectivity index (χ4v) is 5.33. The molecule has 2 fully saturated rings. The van der Waals surface area contributed by atoms with E-state index in [0.29, 0.717) is 18.5 Å². The molecule has 8 heteroatoms. The SMILES string of the molecule is O=C(CN(C(=O)C1CCCC1)C1CC1)N(CCc1c[nH]c2ccccc12)Cc1ccc(C(F)(F)F)cc1. The lowest BCUT2D eigenvalue weighted by Gasteiger charge is -2.29. The first kappa shape index (κ1) is 25.4. The van der Waals surface area contributed by atoms with E-state index >= 15 is 0 Å². The Morgan fingerprint density at radius 1 is 0.946 bits per heavy atom. The number of aromatic amines is 1. The van der Waals surface area contributed by atoms with Crippen molar-refractivity contribution in [2.75, 3.05) is 13.1 Å². The van der Waals surface area contributed by atoms with Crippen LogP contribution < -0.4 is 0 Å². The van der Waals surface area contributed by atoms with Crippen molar-refractivity contribution < 1.29 is 22.8 Å². The van der Waals surface area contributed by atoms with Gasteiger partial charge in [0.2, 0.25) is 11.8 Å². The lowest BCUT2D eigenvalue weighted by atomic mass is 10.1. The molecule has 2 saturated carbocycles. The van der Waals surface area contributed by atoms with Crippen molar-refractivity contribution in [1.29, 1.82) is 0 Å². The second-order valence-corrected chi connectivity index (χ2v) is 10.3. The molecule has 0 saturated heterocycles. The fraction of sp³-hybridized carbons (Fsp3) is 0.448. The molecule has 2 aliphatic carbocycles. The molecule has 2 amide bonds. The van der Waals surface area contributed by atoms with Crippen molar-refractivity contribution >= 4 is 22.7 Å². The summed E-state index contributed by atoms with van der Waals surface area (Å²) in [6.45, 7) is 0.613. The number of nitrogens with one attached hydrogen (secondary N) is 1. The van der Waals surface area contributed by atoms with E-state index in [4.69, 9.17) is 0 Å². The Balaban J connectivity index is 1.33. The molecule has 2 aromatic carbocycles. The molecule has 0 unspecified atom stereocenters. The highest BCUT2D eigenvalue weighted by atomic mass is 19.4. The van der Waals surface area contributed by atoms with Crippen LogP contribution in [0.3, 0.4) is 0 Å². The van der Waals surface area contributed by atoms with Crippen molar-refractivity contribution in [1.82, 2.24) is 14.8 Å². The average Bonchev–Trinajstić information content (AvgIpc) is 3.41. The summed E-state index contributed by atoms with van der Waals surface area (Å²) in [6, 6.07) is 13.0. The van der Waals surface area contributed by atoms with Crippen molar-refractivity contribution in [3.8, 4) is 0 Å². The number of rotatable bonds is 9. The zero-order valence-corrected chi connectivity index (χ0v) is 20.8. The Morgan fingerprint density at radius 2 is 1.65 bits per heavy atom. The summed E-state index contributed by atoms with van der Waals surface area (Å²) < 4.78 is 39.1. The van der Waals surface area contributed by atoms with Gasteiger partial charge in [-0.15, -0.1) is 0 Å². The number of para-hydroxylation sites is 1. The Labute approximate surface area is 214 Å². The summed E-state index contributed by atoms with van der Waals surface area (Å²) in [5.74, 6) is -0.0829. The monoisotopic (exact) mass is 511 g/mol. The van der Waals surface area contributed by atoms with Gasteiger partial charge in [-0.2, -0.15) is 13.2 Å². The van der Waals surface area contributed by atoms with Gasteiger partial charge in [0.05, 0.1) is 5.56 Å². The van der Waals surface area contributed by atoms with E-state index in [9.17, 15) is 22.8 Å². The van der Waals surface area contributed by atoms with Crippen molar-refractivity contribution in [3.05, 3.63) is 71.4 Å². The zero-order valence-electron chi connectivity index (χ0n) is 20.8. The summed E-state index contributed by atoms with van der Waals surface area (Å²) in [5.41, 5.74) is 2.00. The van der Waals surface area contributed by atoms with E-state index < -0.39 is 11.7 Å². The van der Waals surface area contributed by atoms with Gasteiger partial charge in [-0.1, -0.05) is 43.2 Å². The minimum Gasteiger partial charge on any atom is -0.361 e. The van der Waals surface area contributed by atoms with Gasteiger partial charge in [0.25, 0.3) is 0 Å². The highest BCUT2D eigenvalue weighted by Gasteiger charge is 2.38. The number of halogens is 3. The number of benzene rings is 2. The van der Waals surface area contributed by atoms with Gasteiger partial charge in [0.15, 0.2) is 0 Å². The maximum atomic E-state index is 13.6. The van der Waals surface area contributed by atoms with Crippen LogP contribution in [0, 0.1) is 5.92 Å². The van der Waals surface area contributed by atoms with E-state index in [2.05, 4.69) is 4.98 Å². The van der Waals surface area contributed by atoms with Crippen LogP contribution in [0.4, 0.5) is 13.2 Å². The lowest BCUT2D eigenvalue weighted by Crippen LogP contribution is -2.46. The van der Waals surface area contributed by atoms with Crippen molar-refractivity contribution in [3.63, 3.8) is 0 Å². The van der Waals surface area contributed by atoms with Crippen LogP contribution in [-0.4, -0.2) is 45.7 Å². The van der Waals surface area contributed by atoms with Gasteiger partial charge in [0, 0.05) is 42.1 Å². The molecular formula is C29H32F3N3O2. The second-order valence-electron chi connectivity index (χ2n) is 10.3. The van der Waals surface area contributed by atoms with Crippen LogP contribution in [0.2, 0.25) is 0 Å². The number of carbonyl (C=O) groups is 2. The number of carbonyl (C=O) groups excluding carboxylic acids is 2. The summed E-state index contributed by atoms with van der Waals surface area (Å²) in [6.07, 6.45) is 3.82. The molecule has 0 atom stereocenters. The van der Waals surface area contributed by atoms with E-state index in [1.807, 2.05) is 30.5 Å². The molecule has 5 rings (SSSR count). The second kappa shape index (κ2) is 10.6. The number of nitrogens with zero attached hydrogens (tertiary/aromatic N) is 2. The van der Waals surface area contributed by atoms with Crippen LogP contribution >= 0.6 is 0 Å². The number of hydrogen-bond acceptors (Lipinski definition) is 2. The summed E-state index contributed by atoms with van der Waals surface area (Å²) >= 11 is 0. The van der Waals surface area contributed by atoms with Crippen LogP contribution in [0.1, 0.15) is 55.2 Å². The standard InChI is InChI=1S/C29H32F3N3O2/c30-29(31,32)23-11-9-20(10-12-23)18-34(16-15-22-17-33-26-8-4-3-7-25(22)26)27(36)19-35(24-13-14-24)28(37)21-5-1-2-6-21/h3-4,7-12,17,21,24,33H,1-2,5-6,13-16,18-19H2. The van der Waals surface area contributed by atoms with Crippen molar-refractivity contribution in [2.45, 2.75) is 63.7 Å². The number of aromatic nitrogens is 1. The Morgan fingerprint density at radius 3 is 2.32 bits per heavy atom. The molecule has 0 bridgehead atoms. The number of amides is 2. The molecule has 5 nitrogen and oxygen atoms in total. The molecule has 0 spiro atoms. The summed E-state index contributed by atoms with van der Waals surface area (Å²) in [4.78, 5) is 33.5. The minimum atomic E-state index is -4.41. The van der Waals surface area contributed by atoms with Gasteiger partial charge in [0.1, 0.15) is 6.54 Å². The first-order valence-corrected chi connectivity index (χ1v) is 13.1. The van der Waals surface area contributed by atoms with E-state index in [0.717, 1.165) is 67.1 Å². The number of alkyl halides is 3. The van der Waals surface area contributed by atoms with E-state index in [1.54, 1.807) is 9.80 Å². The third kappa shape index (κ3) is 6.00. The minimum absolute atomic E-state index is 0.00276. The first-order chi connectivity index (χ1) is 17.8. The maximum Gasteiger partial charge on any atom is 0.416 e. The van der Waals surface area contributed by atoms with Gasteiger partial charge in [-0.3, -0.25) is 9.59 Å². The molecular weight excluding hydrogens is 479 g/mol. The van der Waals surface area contributed by atoms with Crippen LogP contribution in [0.5, 0.6) is 0 Å². The fourth-order valence-electron chi connectivity index (χ4n) is 5.33. The van der Waals surface area contributed by atoms with Gasteiger partial charge in [-0.05, 0) is 61.4 Å². The van der Waals surface area contributed by atoms with E-state index in [-0.39, 0.29) is 36.9 Å². The van der Waals surface area contributed by atoms with Crippen molar-refractivity contribution in [2.24, 2.45) is 5.92 Å². The van der Waals surface area contributed by atoms with Gasteiger partial charge >= 0.3 is 6.18 Å². The number of hydrogen-bond donors (Lipinski definition) is 1. The quantitative estimate of drug-likeness (QED) is 0.387. The molecule has 1 N–H and O–H groups in total. The van der Waals surface area contributed by atoms with Crippen LogP contribution in [0.25, 0.3) is 10.9 Å². The molecule has 1 heterocycles. The number of fused-ring (bicyclic) bond motifs is 1. The van der Waals surface area contributed by atoms with E-state index in [1.165, 1.54) is 12.1 Å². The van der Waals surface area contributed by atoms with Gasteiger partial charge in [-0.25, -0.2) is 0 Å². The molecule has 196 valence electrons. The average molecular weight is 512 g/mol. The molecule has 1 aromatic heterocycles. The maximum absolute atomic E-state index is 13.6. The molecule has 3 aromatic rings. The highest BCUT2D eigenvalue weighted by molar-refractivity contribution is 5.87. The van der Waals surface area contributed by atoms with Crippen LogP contribution in [0.15, 0.2) is 54.7 Å². The Hall–Kier alpha value is -3.29. The predicted octanol–water partition coefficient (Wildman–Crippen LogP) is 5.94. The Bertz CT molecular complexity index is 1240. The molecule has 37 heavy (non-hydrogen) atoms. The molecule has 2 aliphatic rings. The zero-order chi connectivity index (χ0) is 26.0. The summed E-state index contributed by atoms with van der Waals surface area (Å²) in [5, 5.41) is 1.08. The Kier molecular flexibility index (Phi) is 7.26. The normalized spacial score (nSPS) is 16.3. The van der Waals surface area contributed by atoms with Gasteiger partial charge < -0.3 is 14.8 Å². The smallest absolute Gasteiger partial charge is 0.361 e. The lowest BCUT2D eigenvalue weighted by molar-refractivity contribution is -0.143. The third-order valence-corrected chi connectivity index (χ3v) is 7.61. The molecule has 0 aliphatic heterocycles. The molecule has 0 radical (unpaired) electrons. The largest absolute Gasteiger partial charge is 0.416 e. The number of H-pyrrole nitrogens is 1. The topological polar surface area (TPSA) is 56.4 Å². The highest BCUT2D eigenvalue weighted by Crippen LogP contribution is 2.33. The predicted molar refractivity (Wildman–Crippen MR) is 136 cm³/mol. The third-order valence-electron chi connectivity index (χ3n) is 7.61. The van der Waals surface area contributed by atoms with Crippen LogP contribution in [-0.2, 0) is 28.7 Å². The first-order valence-electron chi connectivity index (χ1n) is 13.1. The summed E-state index contributed by atoms with van der Waals surface area (Å²) in [7, 11) is 0.